The summed E-state index contributed by atoms with van der Waals surface area (Å²) < 4.78 is 28.0. The first kappa shape index (κ1) is 19.1. The van der Waals surface area contributed by atoms with Gasteiger partial charge in [-0.3, -0.25) is 0 Å². The van der Waals surface area contributed by atoms with Crippen molar-refractivity contribution in [1.82, 2.24) is 10.0 Å². The van der Waals surface area contributed by atoms with E-state index in [0.29, 0.717) is 4.90 Å². The van der Waals surface area contributed by atoms with Crippen LogP contribution in [0.25, 0.3) is 0 Å². The number of allylic oxidation sites excluding steroid dienone is 4. The zero-order valence-electron chi connectivity index (χ0n) is 15.8. The molecule has 5 heteroatoms. The third kappa shape index (κ3) is 4.12. The minimum absolute atomic E-state index is 0.111. The zero-order valence-corrected chi connectivity index (χ0v) is 16.7. The molecule has 1 aliphatic heterocycles. The lowest BCUT2D eigenvalue weighted by Gasteiger charge is -2.26. The largest absolute Gasteiger partial charge is 0.308 e. The summed E-state index contributed by atoms with van der Waals surface area (Å²) in [4.78, 5) is 0.391. The number of hydrogen-bond donors (Lipinski definition) is 2. The van der Waals surface area contributed by atoms with E-state index in [1.165, 1.54) is 5.57 Å². The molecular weight excluding hydrogens is 368 g/mol. The van der Waals surface area contributed by atoms with E-state index in [-0.39, 0.29) is 12.1 Å². The summed E-state index contributed by atoms with van der Waals surface area (Å²) in [6.45, 7) is 0.834. The smallest absolute Gasteiger partial charge is 0.241 e. The molecular formula is C23H26N2O2S. The fraction of sp³-hybridized carbons (Fsp3) is 0.304. The Labute approximate surface area is 167 Å². The van der Waals surface area contributed by atoms with E-state index in [4.69, 9.17) is 0 Å². The van der Waals surface area contributed by atoms with Crippen molar-refractivity contribution in [2.24, 2.45) is 0 Å². The molecule has 0 radical (unpaired) electrons. The second-order valence-corrected chi connectivity index (χ2v) is 9.04. The summed E-state index contributed by atoms with van der Waals surface area (Å²) in [5, 5.41) is 3.62. The van der Waals surface area contributed by atoms with Crippen molar-refractivity contribution in [3.8, 4) is 0 Å². The molecule has 2 aliphatic rings. The summed E-state index contributed by atoms with van der Waals surface area (Å²) in [5.41, 5.74) is 3.42. The van der Waals surface area contributed by atoms with Gasteiger partial charge in [-0.2, -0.15) is 0 Å². The van der Waals surface area contributed by atoms with E-state index in [1.54, 1.807) is 12.1 Å². The summed E-state index contributed by atoms with van der Waals surface area (Å²) >= 11 is 0. The van der Waals surface area contributed by atoms with Crippen LogP contribution in [0.2, 0.25) is 0 Å². The lowest BCUT2D eigenvalue weighted by Crippen LogP contribution is -2.34. The topological polar surface area (TPSA) is 58.2 Å². The molecule has 28 heavy (non-hydrogen) atoms. The highest BCUT2D eigenvalue weighted by molar-refractivity contribution is 7.89. The van der Waals surface area contributed by atoms with E-state index in [9.17, 15) is 8.42 Å². The lowest BCUT2D eigenvalue weighted by molar-refractivity contribution is 0.428. The van der Waals surface area contributed by atoms with Gasteiger partial charge in [0.15, 0.2) is 0 Å². The Morgan fingerprint density at radius 1 is 1.04 bits per heavy atom. The maximum atomic E-state index is 12.6. The third-order valence-electron chi connectivity index (χ3n) is 5.45. The number of sulfonamides is 1. The van der Waals surface area contributed by atoms with Crippen LogP contribution in [0, 0.1) is 0 Å². The van der Waals surface area contributed by atoms with E-state index < -0.39 is 10.0 Å². The Morgan fingerprint density at radius 2 is 1.82 bits per heavy atom. The molecule has 0 unspecified atom stereocenters. The van der Waals surface area contributed by atoms with Crippen LogP contribution in [0.3, 0.4) is 0 Å². The van der Waals surface area contributed by atoms with Gasteiger partial charge >= 0.3 is 0 Å². The van der Waals surface area contributed by atoms with Crippen LogP contribution in [0.4, 0.5) is 0 Å². The lowest BCUT2D eigenvalue weighted by atomic mass is 9.93. The minimum atomic E-state index is -3.46. The highest BCUT2D eigenvalue weighted by Crippen LogP contribution is 2.38. The molecule has 4 rings (SSSR count). The summed E-state index contributed by atoms with van der Waals surface area (Å²) in [7, 11) is -3.46. The molecule has 0 saturated carbocycles. The third-order valence-corrected chi connectivity index (χ3v) is 6.96. The fourth-order valence-electron chi connectivity index (χ4n) is 4.04. The van der Waals surface area contributed by atoms with Crippen molar-refractivity contribution in [2.75, 3.05) is 6.54 Å². The van der Waals surface area contributed by atoms with Gasteiger partial charge in [0.05, 0.1) is 17.0 Å². The Kier molecular flexibility index (Phi) is 5.76. The standard InChI is InChI=1S/C23H26N2O2S/c26-28(27)21-16-8-7-15-20(21)23(25-28)22(19-13-5-2-6-14-19)24-17-9-12-18-10-3-1-4-11-18/h1-3,5-8,11,13-16,22-25H,4,9-10,12,17H2/t22-,23+/m0/s1. The van der Waals surface area contributed by atoms with Gasteiger partial charge in [0.25, 0.3) is 0 Å². The fourth-order valence-corrected chi connectivity index (χ4v) is 5.53. The zero-order chi connectivity index (χ0) is 19.4. The van der Waals surface area contributed by atoms with Gasteiger partial charge < -0.3 is 5.32 Å². The first-order valence-electron chi connectivity index (χ1n) is 9.88. The van der Waals surface area contributed by atoms with E-state index >= 15 is 0 Å². The molecule has 0 amide bonds. The quantitative estimate of drug-likeness (QED) is 0.540. The average Bonchev–Trinajstić information content (AvgIpc) is 3.00. The maximum Gasteiger partial charge on any atom is 0.241 e. The average molecular weight is 395 g/mol. The van der Waals surface area contributed by atoms with Crippen LogP contribution in [-0.4, -0.2) is 15.0 Å². The molecule has 2 aromatic carbocycles. The normalized spacial score (nSPS) is 21.1. The van der Waals surface area contributed by atoms with Gasteiger partial charge in [-0.05, 0) is 49.4 Å². The minimum Gasteiger partial charge on any atom is -0.308 e. The molecule has 146 valence electrons. The van der Waals surface area contributed by atoms with Crippen molar-refractivity contribution >= 4 is 10.0 Å². The molecule has 0 saturated heterocycles. The molecule has 0 spiro atoms. The van der Waals surface area contributed by atoms with Crippen molar-refractivity contribution in [1.29, 1.82) is 0 Å². The van der Waals surface area contributed by atoms with Crippen LogP contribution in [0.5, 0.6) is 0 Å². The van der Waals surface area contributed by atoms with Crippen LogP contribution in [0.15, 0.2) is 83.3 Å². The number of hydrogen-bond acceptors (Lipinski definition) is 3. The molecule has 4 nitrogen and oxygen atoms in total. The first-order valence-corrected chi connectivity index (χ1v) is 11.4. The molecule has 2 atom stereocenters. The second kappa shape index (κ2) is 8.43. The second-order valence-electron chi connectivity index (χ2n) is 7.36. The summed E-state index contributed by atoms with van der Waals surface area (Å²) in [6, 6.07) is 16.9. The van der Waals surface area contributed by atoms with Crippen molar-refractivity contribution in [3.05, 3.63) is 89.5 Å². The Bertz CT molecular complexity index is 981. The molecule has 2 N–H and O–H groups in total. The van der Waals surface area contributed by atoms with Crippen LogP contribution in [-0.2, 0) is 10.0 Å². The van der Waals surface area contributed by atoms with Crippen molar-refractivity contribution in [3.63, 3.8) is 0 Å². The van der Waals surface area contributed by atoms with Gasteiger partial charge in [-0.15, -0.1) is 0 Å². The monoisotopic (exact) mass is 394 g/mol. The SMILES string of the molecule is O=S1(=O)N[C@@H]([C@@H](NCCCC2=CCC=CC2)c2ccccc2)c2ccccc21. The van der Waals surface area contributed by atoms with Gasteiger partial charge in [-0.25, -0.2) is 13.1 Å². The molecule has 1 aliphatic carbocycles. The van der Waals surface area contributed by atoms with Crippen molar-refractivity contribution in [2.45, 2.75) is 42.7 Å². The number of fused-ring (bicyclic) bond motifs is 1. The highest BCUT2D eigenvalue weighted by atomic mass is 32.2. The first-order chi connectivity index (χ1) is 13.6. The van der Waals surface area contributed by atoms with Crippen molar-refractivity contribution < 1.29 is 8.42 Å². The van der Waals surface area contributed by atoms with E-state index in [0.717, 1.165) is 43.4 Å². The van der Waals surface area contributed by atoms with Crippen LogP contribution in [0.1, 0.15) is 48.9 Å². The predicted octanol–water partition coefficient (Wildman–Crippen LogP) is 4.41. The van der Waals surface area contributed by atoms with Crippen LogP contribution >= 0.6 is 0 Å². The number of benzene rings is 2. The molecule has 1 heterocycles. The Morgan fingerprint density at radius 3 is 2.61 bits per heavy atom. The van der Waals surface area contributed by atoms with Gasteiger partial charge in [0, 0.05) is 0 Å². The Balaban J connectivity index is 1.51. The maximum absolute atomic E-state index is 12.6. The van der Waals surface area contributed by atoms with E-state index in [1.807, 2.05) is 30.3 Å². The molecule has 2 aromatic rings. The molecule has 0 aromatic heterocycles. The van der Waals surface area contributed by atoms with Gasteiger partial charge in [0.1, 0.15) is 0 Å². The van der Waals surface area contributed by atoms with Gasteiger partial charge in [-0.1, -0.05) is 72.3 Å². The summed E-state index contributed by atoms with van der Waals surface area (Å²) in [6.07, 6.45) is 11.0. The van der Waals surface area contributed by atoms with Gasteiger partial charge in [0.2, 0.25) is 10.0 Å². The summed E-state index contributed by atoms with van der Waals surface area (Å²) in [5.74, 6) is 0. The molecule has 0 fully saturated rings. The number of rotatable bonds is 7. The predicted molar refractivity (Wildman–Crippen MR) is 112 cm³/mol. The van der Waals surface area contributed by atoms with E-state index in [2.05, 4.69) is 40.4 Å². The Hall–Kier alpha value is -2.21. The van der Waals surface area contributed by atoms with Crippen LogP contribution < -0.4 is 10.0 Å². The number of nitrogens with one attached hydrogen (secondary N) is 2. The highest BCUT2D eigenvalue weighted by Gasteiger charge is 2.38. The molecule has 0 bridgehead atoms.